The Labute approximate surface area is 57.2 Å². The van der Waals surface area contributed by atoms with E-state index in [9.17, 15) is 0 Å². The van der Waals surface area contributed by atoms with E-state index in [1.54, 1.807) is 0 Å². The van der Waals surface area contributed by atoms with Crippen LogP contribution >= 0.6 is 0 Å². The molecule has 0 fully saturated rings. The summed E-state index contributed by atoms with van der Waals surface area (Å²) in [4.78, 5) is 0. The second-order valence-corrected chi connectivity index (χ2v) is 0. The molecule has 1 nitrogen and oxygen atoms in total. The van der Waals surface area contributed by atoms with Gasteiger partial charge in [0, 0.05) is 31.4 Å². The van der Waals surface area contributed by atoms with Crippen LogP contribution in [0.1, 0.15) is 0 Å². The second-order valence-electron chi connectivity index (χ2n) is 0. The van der Waals surface area contributed by atoms with Crippen LogP contribution in [0.3, 0.4) is 0 Å². The van der Waals surface area contributed by atoms with Gasteiger partial charge in [0.15, 0.2) is 0 Å². The zero-order valence-corrected chi connectivity index (χ0v) is 5.65. The van der Waals surface area contributed by atoms with E-state index >= 15 is 0 Å². The fraction of sp³-hybridized carbons (Fsp3) is 0. The fourth-order valence-electron chi connectivity index (χ4n) is 0. The van der Waals surface area contributed by atoms with Gasteiger partial charge < -0.3 is 5.48 Å². The Morgan fingerprint density at radius 1 is 1.00 bits per heavy atom. The molecular formula is OPd2Si. The zero-order valence-electron chi connectivity index (χ0n) is 1.54. The average molecular weight is 257 g/mol. The molecule has 0 aromatic carbocycles. The summed E-state index contributed by atoms with van der Waals surface area (Å²) in [6.45, 7) is 0. The zero-order chi connectivity index (χ0) is 0. The largest absolute Gasteiger partial charge is 2.00 e. The predicted molar refractivity (Wildman–Crippen MR) is 6.44 cm³/mol. The van der Waals surface area contributed by atoms with E-state index in [4.69, 9.17) is 0 Å². The van der Waals surface area contributed by atoms with Gasteiger partial charge in [-0.15, -0.1) is 0 Å². The molecule has 0 aromatic rings. The van der Waals surface area contributed by atoms with E-state index in [1.165, 1.54) is 0 Å². The van der Waals surface area contributed by atoms with Crippen LogP contribution in [-0.4, -0.2) is 11.0 Å². The Morgan fingerprint density at radius 3 is 1.00 bits per heavy atom. The van der Waals surface area contributed by atoms with Crippen molar-refractivity contribution in [3.05, 3.63) is 0 Å². The van der Waals surface area contributed by atoms with Crippen molar-refractivity contribution in [1.82, 2.24) is 0 Å². The molecule has 0 unspecified atom stereocenters. The minimum Gasteiger partial charge on any atom is -2.00 e. The molecule has 0 atom stereocenters. The molecule has 0 spiro atoms. The Balaban J connectivity index is 0. The molecule has 0 amide bonds. The summed E-state index contributed by atoms with van der Waals surface area (Å²) in [6, 6.07) is 0. The van der Waals surface area contributed by atoms with Crippen LogP contribution in [0, 0.1) is 0 Å². The molecule has 4 radical (unpaired) electrons. The number of hydrogen-bond donors (Lipinski definition) is 0. The quantitative estimate of drug-likeness (QED) is 0.523. The first-order valence-corrected chi connectivity index (χ1v) is 0. The van der Waals surface area contributed by atoms with Crippen molar-refractivity contribution in [1.29, 1.82) is 0 Å². The van der Waals surface area contributed by atoms with Crippen LogP contribution < -0.4 is 0 Å². The van der Waals surface area contributed by atoms with Gasteiger partial charge in [-0.05, 0) is 0 Å². The van der Waals surface area contributed by atoms with Gasteiger partial charge in [-0.1, -0.05) is 0 Å². The third-order valence-corrected chi connectivity index (χ3v) is 0. The maximum absolute atomic E-state index is 0. The first-order valence-electron chi connectivity index (χ1n) is 0. The molecule has 0 aliphatic rings. The normalized spacial score (nSPS) is 0. The fourth-order valence-corrected chi connectivity index (χ4v) is 0. The molecule has 4 heteroatoms. The van der Waals surface area contributed by atoms with Gasteiger partial charge in [-0.2, -0.15) is 0 Å². The van der Waals surface area contributed by atoms with Crippen molar-refractivity contribution in [2.45, 2.75) is 0 Å². The Morgan fingerprint density at radius 2 is 1.00 bits per heavy atom. The number of hydrogen-bond acceptors (Lipinski definition) is 0. The standard InChI is InChI=1S/O.2Pd.Si/q-2;;+2;. The summed E-state index contributed by atoms with van der Waals surface area (Å²) in [6.07, 6.45) is 0. The smallest absolute Gasteiger partial charge is 2.00 e. The van der Waals surface area contributed by atoms with E-state index in [-0.39, 0.29) is 57.3 Å². The molecule has 0 aromatic heterocycles. The van der Waals surface area contributed by atoms with Gasteiger partial charge in [0.1, 0.15) is 0 Å². The third kappa shape index (κ3) is 9.72. The van der Waals surface area contributed by atoms with Crippen LogP contribution in [0.25, 0.3) is 0 Å². The molecule has 0 saturated heterocycles. The van der Waals surface area contributed by atoms with Gasteiger partial charge >= 0.3 is 20.4 Å². The maximum Gasteiger partial charge on any atom is 2.00 e. The average Bonchev–Trinajstić information content (AvgIpc) is 0. The van der Waals surface area contributed by atoms with E-state index in [0.717, 1.165) is 0 Å². The van der Waals surface area contributed by atoms with Gasteiger partial charge in [-0.3, -0.25) is 0 Å². The van der Waals surface area contributed by atoms with Crippen molar-refractivity contribution < 1.29 is 46.3 Å². The van der Waals surface area contributed by atoms with E-state index in [0.29, 0.717) is 0 Å². The molecule has 4 heavy (non-hydrogen) atoms. The van der Waals surface area contributed by atoms with Crippen molar-refractivity contribution in [2.75, 3.05) is 0 Å². The summed E-state index contributed by atoms with van der Waals surface area (Å²) in [7, 11) is 0. The monoisotopic (exact) mass is 256 g/mol. The van der Waals surface area contributed by atoms with E-state index in [1.807, 2.05) is 0 Å². The summed E-state index contributed by atoms with van der Waals surface area (Å²) in [5.41, 5.74) is 0. The van der Waals surface area contributed by atoms with Crippen molar-refractivity contribution >= 4 is 11.0 Å². The van der Waals surface area contributed by atoms with Crippen LogP contribution in [0.5, 0.6) is 0 Å². The first kappa shape index (κ1) is 49.4. The maximum atomic E-state index is 0. The first-order chi connectivity index (χ1) is 0. The van der Waals surface area contributed by atoms with Crippen molar-refractivity contribution in [3.8, 4) is 0 Å². The molecule has 0 N–H and O–H groups in total. The van der Waals surface area contributed by atoms with Gasteiger partial charge in [0.2, 0.25) is 0 Å². The topological polar surface area (TPSA) is 28.5 Å². The summed E-state index contributed by atoms with van der Waals surface area (Å²) >= 11 is 0. The van der Waals surface area contributed by atoms with Crippen LogP contribution in [0.4, 0.5) is 0 Å². The molecule has 0 bridgehead atoms. The molecule has 0 rings (SSSR count). The number of rotatable bonds is 0. The Kier molecular flexibility index (Phi) is 303. The molecule has 30 valence electrons. The SMILES string of the molecule is [O-2].[Pd+2].[Pd].[Si]. The van der Waals surface area contributed by atoms with E-state index < -0.39 is 0 Å². The minimum absolute atomic E-state index is 0. The third-order valence-electron chi connectivity index (χ3n) is 0. The van der Waals surface area contributed by atoms with Gasteiger partial charge in [-0.25, -0.2) is 0 Å². The Bertz CT molecular complexity index is 6.00. The minimum atomic E-state index is 0. The molecule has 0 heterocycles. The summed E-state index contributed by atoms with van der Waals surface area (Å²) in [5.74, 6) is 0. The molecule has 0 aliphatic carbocycles. The predicted octanol–water partition coefficient (Wildman–Crippen LogP) is -0.505. The van der Waals surface area contributed by atoms with Gasteiger partial charge in [0.05, 0.1) is 0 Å². The van der Waals surface area contributed by atoms with Crippen molar-refractivity contribution in [3.63, 3.8) is 0 Å². The van der Waals surface area contributed by atoms with Crippen molar-refractivity contribution in [2.24, 2.45) is 0 Å². The summed E-state index contributed by atoms with van der Waals surface area (Å²) in [5, 5.41) is 0. The van der Waals surface area contributed by atoms with Crippen LogP contribution in [0.15, 0.2) is 0 Å². The Hall–Kier alpha value is 1.50. The van der Waals surface area contributed by atoms with E-state index in [2.05, 4.69) is 0 Å². The molecule has 0 aliphatic heterocycles. The summed E-state index contributed by atoms with van der Waals surface area (Å²) < 4.78 is 0. The molecular weight excluding hydrogens is 257 g/mol. The van der Waals surface area contributed by atoms with Gasteiger partial charge in [0.25, 0.3) is 0 Å². The van der Waals surface area contributed by atoms with Crippen LogP contribution in [0.2, 0.25) is 0 Å². The molecule has 0 saturated carbocycles. The second kappa shape index (κ2) is 24.5. The van der Waals surface area contributed by atoms with Crippen LogP contribution in [-0.2, 0) is 46.3 Å².